The average Bonchev–Trinajstić information content (AvgIpc) is 3.16. The predicted molar refractivity (Wildman–Crippen MR) is 139 cm³/mol. The number of carbonyl (C=O) groups excluding carboxylic acids is 2. The molecule has 1 heterocycles. The number of nitrogens with two attached hydrogens (primary N) is 1. The molecule has 180 valence electrons. The van der Waals surface area contributed by atoms with Crippen LogP contribution in [0.3, 0.4) is 0 Å². The Hall–Kier alpha value is -3.93. The molecule has 6 nitrogen and oxygen atoms in total. The summed E-state index contributed by atoms with van der Waals surface area (Å²) in [7, 11) is 0. The van der Waals surface area contributed by atoms with E-state index in [1.165, 1.54) is 5.56 Å². The van der Waals surface area contributed by atoms with Gasteiger partial charge in [-0.25, -0.2) is 4.99 Å². The SMILES string of the molecule is NC1=NC(c2ccccc2)(c2ccccc2)C(=O)N1CCCCNC(=O)CCCc1ccccc1. The van der Waals surface area contributed by atoms with Crippen LogP contribution >= 0.6 is 0 Å². The first-order valence-electron chi connectivity index (χ1n) is 12.2. The molecule has 4 rings (SSSR count). The third kappa shape index (κ3) is 5.60. The Morgan fingerprint density at radius 3 is 2.00 bits per heavy atom. The summed E-state index contributed by atoms with van der Waals surface area (Å²) in [5.74, 6) is 0.149. The van der Waals surface area contributed by atoms with Crippen LogP contribution in [-0.2, 0) is 21.5 Å². The summed E-state index contributed by atoms with van der Waals surface area (Å²) in [6.45, 7) is 1.03. The van der Waals surface area contributed by atoms with Crippen molar-refractivity contribution in [3.05, 3.63) is 108 Å². The molecule has 0 unspecified atom stereocenters. The molecule has 0 atom stereocenters. The Bertz CT molecular complexity index is 1110. The highest BCUT2D eigenvalue weighted by Crippen LogP contribution is 2.39. The standard InChI is InChI=1S/C29H32N4O2/c30-28-32-29(24-16-6-2-7-17-24,25-18-8-3-9-19-25)27(35)33(28)22-11-10-21-31-26(34)20-12-15-23-13-4-1-5-14-23/h1-9,13-14,16-19H,10-12,15,20-22H2,(H2,30,32)(H,31,34). The molecule has 6 heteroatoms. The van der Waals surface area contributed by atoms with Crippen LogP contribution in [0.4, 0.5) is 0 Å². The first-order chi connectivity index (χ1) is 17.1. The van der Waals surface area contributed by atoms with E-state index in [4.69, 9.17) is 10.7 Å². The van der Waals surface area contributed by atoms with Gasteiger partial charge in [0.15, 0.2) is 11.5 Å². The van der Waals surface area contributed by atoms with Gasteiger partial charge in [0.1, 0.15) is 0 Å². The van der Waals surface area contributed by atoms with Gasteiger partial charge in [0.05, 0.1) is 0 Å². The lowest BCUT2D eigenvalue weighted by Gasteiger charge is -2.27. The largest absolute Gasteiger partial charge is 0.369 e. The normalized spacial score (nSPS) is 14.6. The summed E-state index contributed by atoms with van der Waals surface area (Å²) in [5.41, 5.74) is 7.94. The van der Waals surface area contributed by atoms with Crippen molar-refractivity contribution in [2.45, 2.75) is 37.6 Å². The summed E-state index contributed by atoms with van der Waals surface area (Å²) in [6.07, 6.45) is 3.70. The van der Waals surface area contributed by atoms with Gasteiger partial charge in [-0.05, 0) is 42.4 Å². The fraction of sp³-hybridized carbons (Fsp3) is 0.276. The van der Waals surface area contributed by atoms with Gasteiger partial charge in [-0.2, -0.15) is 0 Å². The van der Waals surface area contributed by atoms with Gasteiger partial charge in [0, 0.05) is 19.5 Å². The second-order valence-corrected chi connectivity index (χ2v) is 8.77. The van der Waals surface area contributed by atoms with Gasteiger partial charge in [0.2, 0.25) is 5.91 Å². The average molecular weight is 469 g/mol. The van der Waals surface area contributed by atoms with E-state index in [2.05, 4.69) is 17.4 Å². The van der Waals surface area contributed by atoms with Crippen molar-refractivity contribution >= 4 is 17.8 Å². The second kappa shape index (κ2) is 11.5. The number of amides is 2. The molecule has 1 aliphatic heterocycles. The van der Waals surface area contributed by atoms with Gasteiger partial charge in [-0.1, -0.05) is 91.0 Å². The molecule has 3 N–H and O–H groups in total. The van der Waals surface area contributed by atoms with Crippen LogP contribution in [0.2, 0.25) is 0 Å². The number of aryl methyl sites for hydroxylation is 1. The van der Waals surface area contributed by atoms with Crippen LogP contribution in [0.5, 0.6) is 0 Å². The fourth-order valence-electron chi connectivity index (χ4n) is 4.51. The highest BCUT2D eigenvalue weighted by Gasteiger charge is 2.50. The zero-order chi connectivity index (χ0) is 24.5. The van der Waals surface area contributed by atoms with Crippen LogP contribution in [0.15, 0.2) is 96.0 Å². The minimum atomic E-state index is -1.17. The van der Waals surface area contributed by atoms with E-state index in [-0.39, 0.29) is 17.8 Å². The highest BCUT2D eigenvalue weighted by molar-refractivity contribution is 6.09. The van der Waals surface area contributed by atoms with Crippen molar-refractivity contribution in [2.24, 2.45) is 10.7 Å². The van der Waals surface area contributed by atoms with Crippen LogP contribution in [0.25, 0.3) is 0 Å². The van der Waals surface area contributed by atoms with E-state index < -0.39 is 5.54 Å². The summed E-state index contributed by atoms with van der Waals surface area (Å²) in [6, 6.07) is 29.3. The smallest absolute Gasteiger partial charge is 0.266 e. The monoisotopic (exact) mass is 468 g/mol. The molecule has 0 radical (unpaired) electrons. The number of nitrogens with one attached hydrogen (secondary N) is 1. The number of hydrogen-bond donors (Lipinski definition) is 2. The zero-order valence-corrected chi connectivity index (χ0v) is 19.9. The Balaban J connectivity index is 1.28. The molecule has 0 fully saturated rings. The number of aliphatic imine (C=N–C) groups is 1. The molecule has 3 aromatic rings. The zero-order valence-electron chi connectivity index (χ0n) is 19.9. The molecular formula is C29H32N4O2. The molecule has 35 heavy (non-hydrogen) atoms. The van der Waals surface area contributed by atoms with Crippen LogP contribution in [0, 0.1) is 0 Å². The molecular weight excluding hydrogens is 436 g/mol. The fourth-order valence-corrected chi connectivity index (χ4v) is 4.51. The summed E-state index contributed by atoms with van der Waals surface area (Å²) in [5, 5.41) is 2.98. The minimum absolute atomic E-state index is 0.0615. The number of unbranched alkanes of at least 4 members (excludes halogenated alkanes) is 1. The Morgan fingerprint density at radius 2 is 1.40 bits per heavy atom. The molecule has 0 aliphatic carbocycles. The van der Waals surface area contributed by atoms with Gasteiger partial charge >= 0.3 is 0 Å². The van der Waals surface area contributed by atoms with Gasteiger partial charge < -0.3 is 11.1 Å². The van der Waals surface area contributed by atoms with E-state index >= 15 is 0 Å². The number of benzene rings is 3. The molecule has 2 amide bonds. The van der Waals surface area contributed by atoms with E-state index in [1.807, 2.05) is 78.9 Å². The second-order valence-electron chi connectivity index (χ2n) is 8.77. The molecule has 3 aromatic carbocycles. The van der Waals surface area contributed by atoms with Gasteiger partial charge in [-0.15, -0.1) is 0 Å². The lowest BCUT2D eigenvalue weighted by molar-refractivity contribution is -0.130. The van der Waals surface area contributed by atoms with E-state index in [0.29, 0.717) is 25.9 Å². The van der Waals surface area contributed by atoms with Crippen LogP contribution in [-0.4, -0.2) is 35.8 Å². The maximum atomic E-state index is 13.7. The molecule has 1 aliphatic rings. The molecule has 0 saturated heterocycles. The number of carbonyl (C=O) groups is 2. The Kier molecular flexibility index (Phi) is 7.93. The number of nitrogens with zero attached hydrogens (tertiary/aromatic N) is 2. The molecule has 0 saturated carbocycles. The van der Waals surface area contributed by atoms with Crippen LogP contribution < -0.4 is 11.1 Å². The molecule has 0 spiro atoms. The van der Waals surface area contributed by atoms with E-state index in [9.17, 15) is 9.59 Å². The van der Waals surface area contributed by atoms with Crippen molar-refractivity contribution in [1.29, 1.82) is 0 Å². The van der Waals surface area contributed by atoms with E-state index in [1.54, 1.807) is 4.90 Å². The lowest BCUT2D eigenvalue weighted by atomic mass is 9.83. The van der Waals surface area contributed by atoms with E-state index in [0.717, 1.165) is 30.4 Å². The van der Waals surface area contributed by atoms with Crippen LogP contribution in [0.1, 0.15) is 42.4 Å². The summed E-state index contributed by atoms with van der Waals surface area (Å²) in [4.78, 5) is 32.1. The van der Waals surface area contributed by atoms with Gasteiger partial charge in [-0.3, -0.25) is 14.5 Å². The van der Waals surface area contributed by atoms with Crippen molar-refractivity contribution < 1.29 is 9.59 Å². The summed E-state index contributed by atoms with van der Waals surface area (Å²) < 4.78 is 0. The third-order valence-corrected chi connectivity index (χ3v) is 6.34. The Labute approximate surface area is 206 Å². The number of guanidine groups is 1. The predicted octanol–water partition coefficient (Wildman–Crippen LogP) is 4.01. The quantitative estimate of drug-likeness (QED) is 0.417. The maximum absolute atomic E-state index is 13.7. The first kappa shape index (κ1) is 24.2. The topological polar surface area (TPSA) is 87.8 Å². The molecule has 0 aromatic heterocycles. The lowest BCUT2D eigenvalue weighted by Crippen LogP contribution is -2.44. The molecule has 0 bridgehead atoms. The summed E-state index contributed by atoms with van der Waals surface area (Å²) >= 11 is 0. The third-order valence-electron chi connectivity index (χ3n) is 6.34. The minimum Gasteiger partial charge on any atom is -0.369 e. The van der Waals surface area contributed by atoms with Crippen molar-refractivity contribution in [1.82, 2.24) is 10.2 Å². The van der Waals surface area contributed by atoms with Gasteiger partial charge in [0.25, 0.3) is 5.91 Å². The van der Waals surface area contributed by atoms with Crippen molar-refractivity contribution in [3.63, 3.8) is 0 Å². The maximum Gasteiger partial charge on any atom is 0.266 e. The highest BCUT2D eigenvalue weighted by atomic mass is 16.2. The first-order valence-corrected chi connectivity index (χ1v) is 12.2. The number of rotatable bonds is 11. The number of hydrogen-bond acceptors (Lipinski definition) is 4. The van der Waals surface area contributed by atoms with Crippen molar-refractivity contribution in [2.75, 3.05) is 13.1 Å². The van der Waals surface area contributed by atoms with Crippen molar-refractivity contribution in [3.8, 4) is 0 Å². The Morgan fingerprint density at radius 1 is 0.829 bits per heavy atom.